The van der Waals surface area contributed by atoms with Crippen LogP contribution in [-0.4, -0.2) is 38.3 Å². The van der Waals surface area contributed by atoms with E-state index >= 15 is 0 Å². The highest BCUT2D eigenvalue weighted by atomic mass is 32.2. The SMILES string of the molecule is COC(=O)C(COc1cccc(OC)c1)C1CCSC1. The van der Waals surface area contributed by atoms with Crippen molar-refractivity contribution in [3.05, 3.63) is 24.3 Å². The molecule has 1 fully saturated rings. The Morgan fingerprint density at radius 3 is 2.85 bits per heavy atom. The summed E-state index contributed by atoms with van der Waals surface area (Å²) in [6.07, 6.45) is 1.05. The Morgan fingerprint density at radius 1 is 1.40 bits per heavy atom. The van der Waals surface area contributed by atoms with Crippen LogP contribution in [0.2, 0.25) is 0 Å². The Hall–Kier alpha value is -1.36. The first kappa shape index (κ1) is 15.0. The normalized spacial score (nSPS) is 19.4. The lowest BCUT2D eigenvalue weighted by atomic mass is 9.92. The number of ether oxygens (including phenoxy) is 3. The Labute approximate surface area is 123 Å². The van der Waals surface area contributed by atoms with Crippen molar-refractivity contribution in [1.29, 1.82) is 0 Å². The van der Waals surface area contributed by atoms with Crippen molar-refractivity contribution in [2.24, 2.45) is 11.8 Å². The summed E-state index contributed by atoms with van der Waals surface area (Å²) < 4.78 is 15.8. The minimum Gasteiger partial charge on any atom is -0.497 e. The van der Waals surface area contributed by atoms with Gasteiger partial charge in [-0.15, -0.1) is 0 Å². The molecule has 0 radical (unpaired) electrons. The predicted octanol–water partition coefficient (Wildman–Crippen LogP) is 2.62. The van der Waals surface area contributed by atoms with Gasteiger partial charge in [-0.05, 0) is 36.0 Å². The first-order chi connectivity index (χ1) is 9.74. The van der Waals surface area contributed by atoms with Crippen molar-refractivity contribution < 1.29 is 19.0 Å². The molecule has 4 nitrogen and oxygen atoms in total. The minimum absolute atomic E-state index is 0.180. The molecule has 0 bridgehead atoms. The van der Waals surface area contributed by atoms with Crippen LogP contribution in [0.25, 0.3) is 0 Å². The lowest BCUT2D eigenvalue weighted by molar-refractivity contribution is -0.148. The van der Waals surface area contributed by atoms with Gasteiger partial charge in [0.15, 0.2) is 0 Å². The maximum Gasteiger partial charge on any atom is 0.312 e. The quantitative estimate of drug-likeness (QED) is 0.755. The molecule has 2 unspecified atom stereocenters. The van der Waals surface area contributed by atoms with Crippen LogP contribution in [0.1, 0.15) is 6.42 Å². The molecule has 110 valence electrons. The summed E-state index contributed by atoms with van der Waals surface area (Å²) in [7, 11) is 3.05. The highest BCUT2D eigenvalue weighted by Gasteiger charge is 2.32. The van der Waals surface area contributed by atoms with Crippen LogP contribution in [-0.2, 0) is 9.53 Å². The smallest absolute Gasteiger partial charge is 0.312 e. The number of rotatable bonds is 6. The van der Waals surface area contributed by atoms with Gasteiger partial charge in [-0.1, -0.05) is 6.07 Å². The van der Waals surface area contributed by atoms with Gasteiger partial charge in [0.05, 0.1) is 20.1 Å². The third-order valence-electron chi connectivity index (χ3n) is 3.51. The fraction of sp³-hybridized carbons (Fsp3) is 0.533. The molecule has 1 heterocycles. The molecule has 0 spiro atoms. The van der Waals surface area contributed by atoms with Gasteiger partial charge in [-0.25, -0.2) is 0 Å². The first-order valence-electron chi connectivity index (χ1n) is 6.67. The molecule has 5 heteroatoms. The third kappa shape index (κ3) is 3.82. The van der Waals surface area contributed by atoms with Gasteiger partial charge in [0, 0.05) is 6.07 Å². The van der Waals surface area contributed by atoms with E-state index in [2.05, 4.69) is 0 Å². The van der Waals surface area contributed by atoms with E-state index < -0.39 is 0 Å². The molecular formula is C15H20O4S. The number of thioether (sulfide) groups is 1. The molecule has 0 aliphatic carbocycles. The summed E-state index contributed by atoms with van der Waals surface area (Å²) >= 11 is 1.88. The number of hydrogen-bond acceptors (Lipinski definition) is 5. The van der Waals surface area contributed by atoms with Crippen LogP contribution < -0.4 is 9.47 Å². The number of methoxy groups -OCH3 is 2. The number of esters is 1. The van der Waals surface area contributed by atoms with Gasteiger partial charge in [0.2, 0.25) is 0 Å². The molecule has 1 saturated heterocycles. The van der Waals surface area contributed by atoms with E-state index in [9.17, 15) is 4.79 Å². The fourth-order valence-electron chi connectivity index (χ4n) is 2.30. The summed E-state index contributed by atoms with van der Waals surface area (Å²) in [4.78, 5) is 11.9. The number of carbonyl (C=O) groups is 1. The van der Waals surface area contributed by atoms with Crippen molar-refractivity contribution >= 4 is 17.7 Å². The van der Waals surface area contributed by atoms with E-state index in [0.717, 1.165) is 23.7 Å². The topological polar surface area (TPSA) is 44.8 Å². The second kappa shape index (κ2) is 7.43. The molecule has 20 heavy (non-hydrogen) atoms. The predicted molar refractivity (Wildman–Crippen MR) is 79.4 cm³/mol. The van der Waals surface area contributed by atoms with E-state index in [1.54, 1.807) is 7.11 Å². The number of benzene rings is 1. The van der Waals surface area contributed by atoms with Crippen LogP contribution >= 0.6 is 11.8 Å². The second-order valence-corrected chi connectivity index (χ2v) is 5.89. The van der Waals surface area contributed by atoms with Gasteiger partial charge >= 0.3 is 5.97 Å². The average Bonchev–Trinajstić information content (AvgIpc) is 3.01. The van der Waals surface area contributed by atoms with Crippen LogP contribution in [0.4, 0.5) is 0 Å². The lowest BCUT2D eigenvalue weighted by Crippen LogP contribution is -2.30. The van der Waals surface area contributed by atoms with Gasteiger partial charge < -0.3 is 14.2 Å². The number of hydrogen-bond donors (Lipinski definition) is 0. The molecule has 1 aliphatic heterocycles. The summed E-state index contributed by atoms with van der Waals surface area (Å²) in [6.45, 7) is 0.352. The van der Waals surface area contributed by atoms with Crippen molar-refractivity contribution in [1.82, 2.24) is 0 Å². The van der Waals surface area contributed by atoms with Crippen molar-refractivity contribution in [3.63, 3.8) is 0 Å². The molecule has 0 saturated carbocycles. The van der Waals surface area contributed by atoms with Crippen molar-refractivity contribution in [2.75, 3.05) is 32.3 Å². The van der Waals surface area contributed by atoms with E-state index in [1.807, 2.05) is 36.0 Å². The first-order valence-corrected chi connectivity index (χ1v) is 7.82. The summed E-state index contributed by atoms with van der Waals surface area (Å²) in [5.74, 6) is 3.54. The van der Waals surface area contributed by atoms with E-state index in [-0.39, 0.29) is 11.9 Å². The van der Waals surface area contributed by atoms with Crippen LogP contribution in [0.5, 0.6) is 11.5 Å². The standard InChI is InChI=1S/C15H20O4S/c1-17-12-4-3-5-13(8-12)19-9-14(15(16)18-2)11-6-7-20-10-11/h3-5,8,11,14H,6-7,9-10H2,1-2H3. The molecule has 2 rings (SSSR count). The molecule has 0 N–H and O–H groups in total. The molecular weight excluding hydrogens is 276 g/mol. The van der Waals surface area contributed by atoms with Crippen LogP contribution in [0.3, 0.4) is 0 Å². The second-order valence-electron chi connectivity index (χ2n) is 4.74. The lowest BCUT2D eigenvalue weighted by Gasteiger charge is -2.20. The Kier molecular flexibility index (Phi) is 5.59. The van der Waals surface area contributed by atoms with E-state index in [1.165, 1.54) is 7.11 Å². The molecule has 0 aromatic heterocycles. The molecule has 2 atom stereocenters. The highest BCUT2D eigenvalue weighted by molar-refractivity contribution is 7.99. The van der Waals surface area contributed by atoms with Gasteiger partial charge in [0.1, 0.15) is 18.1 Å². The van der Waals surface area contributed by atoms with E-state index in [4.69, 9.17) is 14.2 Å². The van der Waals surface area contributed by atoms with Crippen LogP contribution in [0.15, 0.2) is 24.3 Å². The van der Waals surface area contributed by atoms with Crippen LogP contribution in [0, 0.1) is 11.8 Å². The largest absolute Gasteiger partial charge is 0.497 e. The van der Waals surface area contributed by atoms with Crippen molar-refractivity contribution in [2.45, 2.75) is 6.42 Å². The monoisotopic (exact) mass is 296 g/mol. The van der Waals surface area contributed by atoms with Crippen molar-refractivity contribution in [3.8, 4) is 11.5 Å². The fourth-order valence-corrected chi connectivity index (χ4v) is 3.63. The van der Waals surface area contributed by atoms with Gasteiger partial charge in [-0.3, -0.25) is 4.79 Å². The summed E-state index contributed by atoms with van der Waals surface area (Å²) in [5.41, 5.74) is 0. The summed E-state index contributed by atoms with van der Waals surface area (Å²) in [5, 5.41) is 0. The minimum atomic E-state index is -0.193. The van der Waals surface area contributed by atoms with Gasteiger partial charge in [-0.2, -0.15) is 11.8 Å². The zero-order valence-corrected chi connectivity index (χ0v) is 12.7. The Bertz CT molecular complexity index is 443. The zero-order chi connectivity index (χ0) is 14.4. The molecule has 1 aliphatic rings. The molecule has 1 aromatic carbocycles. The summed E-state index contributed by atoms with van der Waals surface area (Å²) in [6, 6.07) is 7.41. The van der Waals surface area contributed by atoms with E-state index in [0.29, 0.717) is 18.3 Å². The third-order valence-corrected chi connectivity index (χ3v) is 4.70. The molecule has 0 amide bonds. The average molecular weight is 296 g/mol. The maximum absolute atomic E-state index is 11.9. The Morgan fingerprint density at radius 2 is 2.20 bits per heavy atom. The Balaban J connectivity index is 1.98. The number of carbonyl (C=O) groups excluding carboxylic acids is 1. The van der Waals surface area contributed by atoms with Gasteiger partial charge in [0.25, 0.3) is 0 Å². The zero-order valence-electron chi connectivity index (χ0n) is 11.8. The maximum atomic E-state index is 11.9. The highest BCUT2D eigenvalue weighted by Crippen LogP contribution is 2.31. The molecule has 1 aromatic rings.